The predicted octanol–water partition coefficient (Wildman–Crippen LogP) is 3.86. The molecule has 1 N–H and O–H groups in total. The van der Waals surface area contributed by atoms with Gasteiger partial charge in [-0.15, -0.1) is 0 Å². The van der Waals surface area contributed by atoms with Gasteiger partial charge in [0.15, 0.2) is 0 Å². The number of benzene rings is 1. The molecule has 21 heavy (non-hydrogen) atoms. The Bertz CT molecular complexity index is 570. The van der Waals surface area contributed by atoms with Crippen LogP contribution in [0, 0.1) is 6.92 Å². The molecule has 3 heteroatoms. The van der Waals surface area contributed by atoms with E-state index < -0.39 is 0 Å². The van der Waals surface area contributed by atoms with Crippen LogP contribution in [0.15, 0.2) is 30.5 Å². The lowest BCUT2D eigenvalue weighted by molar-refractivity contribution is 0.605. The van der Waals surface area contributed by atoms with E-state index in [-0.39, 0.29) is 0 Å². The summed E-state index contributed by atoms with van der Waals surface area (Å²) >= 11 is 0. The maximum absolute atomic E-state index is 4.62. The highest BCUT2D eigenvalue weighted by atomic mass is 15.3. The van der Waals surface area contributed by atoms with E-state index in [0.29, 0.717) is 5.92 Å². The Labute approximate surface area is 128 Å². The van der Waals surface area contributed by atoms with Crippen LogP contribution >= 0.6 is 0 Å². The highest BCUT2D eigenvalue weighted by molar-refractivity contribution is 5.25. The van der Waals surface area contributed by atoms with Crippen molar-refractivity contribution in [2.75, 3.05) is 6.54 Å². The van der Waals surface area contributed by atoms with E-state index in [2.05, 4.69) is 67.1 Å². The molecule has 0 aliphatic carbocycles. The average molecular weight is 285 g/mol. The smallest absolute Gasteiger partial charge is 0.0662 e. The molecule has 3 nitrogen and oxygen atoms in total. The lowest BCUT2D eigenvalue weighted by Gasteiger charge is -2.13. The van der Waals surface area contributed by atoms with Crippen LogP contribution in [0.5, 0.6) is 0 Å². The van der Waals surface area contributed by atoms with E-state index in [9.17, 15) is 0 Å². The van der Waals surface area contributed by atoms with Crippen molar-refractivity contribution in [1.29, 1.82) is 0 Å². The summed E-state index contributed by atoms with van der Waals surface area (Å²) < 4.78 is 2.16. The number of nitrogens with zero attached hydrogens (tertiary/aromatic N) is 2. The van der Waals surface area contributed by atoms with Gasteiger partial charge in [0.05, 0.1) is 12.7 Å². The van der Waals surface area contributed by atoms with Crippen LogP contribution in [0.4, 0.5) is 0 Å². The van der Waals surface area contributed by atoms with Crippen molar-refractivity contribution in [2.45, 2.75) is 53.1 Å². The summed E-state index contributed by atoms with van der Waals surface area (Å²) in [5.74, 6) is 0.482. The molecule has 1 heterocycles. The molecule has 0 unspecified atom stereocenters. The normalized spacial score (nSPS) is 11.3. The van der Waals surface area contributed by atoms with E-state index in [1.165, 1.54) is 22.4 Å². The lowest BCUT2D eigenvalue weighted by Crippen LogP contribution is -2.16. The van der Waals surface area contributed by atoms with Gasteiger partial charge in [-0.3, -0.25) is 4.68 Å². The molecule has 0 bridgehead atoms. The number of aryl methyl sites for hydroxylation is 1. The van der Waals surface area contributed by atoms with E-state index in [1.807, 2.05) is 6.20 Å². The van der Waals surface area contributed by atoms with Crippen LogP contribution in [0.1, 0.15) is 55.5 Å². The second-order valence-electron chi connectivity index (χ2n) is 6.03. The molecule has 0 saturated carbocycles. The Balaban J connectivity index is 2.19. The van der Waals surface area contributed by atoms with Gasteiger partial charge in [0.1, 0.15) is 0 Å². The quantitative estimate of drug-likeness (QED) is 0.783. The van der Waals surface area contributed by atoms with E-state index in [1.54, 1.807) is 0 Å². The van der Waals surface area contributed by atoms with E-state index in [0.717, 1.165) is 26.1 Å². The highest BCUT2D eigenvalue weighted by Crippen LogP contribution is 2.20. The fourth-order valence-corrected chi connectivity index (χ4v) is 2.75. The van der Waals surface area contributed by atoms with Gasteiger partial charge in [0.2, 0.25) is 0 Å². The Morgan fingerprint density at radius 3 is 2.76 bits per heavy atom. The number of hydrogen-bond donors (Lipinski definition) is 1. The molecule has 0 radical (unpaired) electrons. The SMILES string of the molecule is CCCNCc1cnn(Cc2cccc(C)c2)c1C(C)C. The third-order valence-corrected chi connectivity index (χ3v) is 3.66. The monoisotopic (exact) mass is 285 g/mol. The van der Waals surface area contributed by atoms with Crippen LogP contribution in [-0.4, -0.2) is 16.3 Å². The molecular weight excluding hydrogens is 258 g/mol. The molecule has 0 fully saturated rings. The predicted molar refractivity (Wildman–Crippen MR) is 88.6 cm³/mol. The summed E-state index contributed by atoms with van der Waals surface area (Å²) in [6, 6.07) is 8.66. The Morgan fingerprint density at radius 2 is 2.10 bits per heavy atom. The zero-order valence-electron chi connectivity index (χ0n) is 13.7. The molecular formula is C18H27N3. The van der Waals surface area contributed by atoms with Crippen LogP contribution in [0.3, 0.4) is 0 Å². The first-order valence-corrected chi connectivity index (χ1v) is 7.92. The lowest BCUT2D eigenvalue weighted by atomic mass is 10.1. The molecule has 0 spiro atoms. The van der Waals surface area contributed by atoms with Crippen LogP contribution < -0.4 is 5.32 Å². The summed E-state index contributed by atoms with van der Waals surface area (Å²) in [6.07, 6.45) is 3.18. The van der Waals surface area contributed by atoms with E-state index in [4.69, 9.17) is 0 Å². The van der Waals surface area contributed by atoms with Crippen molar-refractivity contribution < 1.29 is 0 Å². The Morgan fingerprint density at radius 1 is 1.29 bits per heavy atom. The van der Waals surface area contributed by atoms with Crippen molar-refractivity contribution in [3.8, 4) is 0 Å². The van der Waals surface area contributed by atoms with Crippen molar-refractivity contribution in [2.24, 2.45) is 0 Å². The van der Waals surface area contributed by atoms with Gasteiger partial charge in [-0.2, -0.15) is 5.10 Å². The minimum absolute atomic E-state index is 0.482. The van der Waals surface area contributed by atoms with Crippen molar-refractivity contribution in [1.82, 2.24) is 15.1 Å². The summed E-state index contributed by atoms with van der Waals surface area (Å²) in [6.45, 7) is 11.6. The molecule has 114 valence electrons. The van der Waals surface area contributed by atoms with Gasteiger partial charge in [-0.1, -0.05) is 50.6 Å². The first-order valence-electron chi connectivity index (χ1n) is 7.92. The Kier molecular flexibility index (Phi) is 5.57. The molecule has 1 aromatic carbocycles. The molecule has 2 rings (SSSR count). The van der Waals surface area contributed by atoms with Gasteiger partial charge >= 0.3 is 0 Å². The van der Waals surface area contributed by atoms with Gasteiger partial charge in [-0.05, 0) is 31.4 Å². The maximum Gasteiger partial charge on any atom is 0.0662 e. The minimum atomic E-state index is 0.482. The number of nitrogens with one attached hydrogen (secondary N) is 1. The zero-order chi connectivity index (χ0) is 15.2. The summed E-state index contributed by atoms with van der Waals surface area (Å²) in [5.41, 5.74) is 5.29. The van der Waals surface area contributed by atoms with Crippen molar-refractivity contribution >= 4 is 0 Å². The molecule has 0 amide bonds. The molecule has 0 saturated heterocycles. The first-order chi connectivity index (χ1) is 10.1. The molecule has 0 aliphatic heterocycles. The summed E-state index contributed by atoms with van der Waals surface area (Å²) in [7, 11) is 0. The van der Waals surface area contributed by atoms with Crippen molar-refractivity contribution in [3.05, 3.63) is 52.8 Å². The third kappa shape index (κ3) is 4.18. The van der Waals surface area contributed by atoms with Gasteiger partial charge in [-0.25, -0.2) is 0 Å². The summed E-state index contributed by atoms with van der Waals surface area (Å²) in [5, 5.41) is 8.10. The third-order valence-electron chi connectivity index (χ3n) is 3.66. The van der Waals surface area contributed by atoms with E-state index >= 15 is 0 Å². The molecule has 0 aliphatic rings. The number of rotatable bonds is 7. The number of hydrogen-bond acceptors (Lipinski definition) is 2. The van der Waals surface area contributed by atoms with Crippen molar-refractivity contribution in [3.63, 3.8) is 0 Å². The summed E-state index contributed by atoms with van der Waals surface area (Å²) in [4.78, 5) is 0. The fraction of sp³-hybridized carbons (Fsp3) is 0.500. The molecule has 1 aromatic heterocycles. The average Bonchev–Trinajstić information content (AvgIpc) is 2.82. The van der Waals surface area contributed by atoms with Gasteiger partial charge in [0.25, 0.3) is 0 Å². The highest BCUT2D eigenvalue weighted by Gasteiger charge is 2.14. The van der Waals surface area contributed by atoms with Crippen LogP contribution in [0.2, 0.25) is 0 Å². The second kappa shape index (κ2) is 7.41. The minimum Gasteiger partial charge on any atom is -0.313 e. The molecule has 2 aromatic rings. The number of aromatic nitrogens is 2. The van der Waals surface area contributed by atoms with Crippen LogP contribution in [0.25, 0.3) is 0 Å². The first kappa shape index (κ1) is 15.8. The standard InChI is InChI=1S/C18H27N3/c1-5-9-19-11-17-12-20-21(18(17)14(2)3)13-16-8-6-7-15(4)10-16/h6-8,10,12,14,19H,5,9,11,13H2,1-4H3. The van der Waals surface area contributed by atoms with Gasteiger partial charge in [0, 0.05) is 17.8 Å². The largest absolute Gasteiger partial charge is 0.313 e. The van der Waals surface area contributed by atoms with Crippen LogP contribution in [-0.2, 0) is 13.1 Å². The Hall–Kier alpha value is -1.61. The maximum atomic E-state index is 4.62. The fourth-order valence-electron chi connectivity index (χ4n) is 2.75. The topological polar surface area (TPSA) is 29.9 Å². The second-order valence-corrected chi connectivity index (χ2v) is 6.03. The molecule has 0 atom stereocenters. The zero-order valence-corrected chi connectivity index (χ0v) is 13.7. The van der Waals surface area contributed by atoms with Gasteiger partial charge < -0.3 is 5.32 Å².